The zero-order valence-electron chi connectivity index (χ0n) is 20.3. The highest BCUT2D eigenvalue weighted by molar-refractivity contribution is 7.95. The molecule has 2 aliphatic rings. The lowest BCUT2D eigenvalue weighted by Crippen LogP contribution is -2.39. The molecule has 1 heterocycles. The number of methoxy groups -OCH3 is 1. The Morgan fingerprint density at radius 2 is 1.94 bits per heavy atom. The molecule has 0 aromatic heterocycles. The second-order valence-corrected chi connectivity index (χ2v) is 10.2. The number of piperidine rings is 1. The lowest BCUT2D eigenvalue weighted by Gasteiger charge is -2.37. The van der Waals surface area contributed by atoms with E-state index in [2.05, 4.69) is 33.9 Å². The number of amides is 1. The topological polar surface area (TPSA) is 74.3 Å². The maximum Gasteiger partial charge on any atom is 0.265 e. The third-order valence-electron chi connectivity index (χ3n) is 6.71. The zero-order chi connectivity index (χ0) is 24.8. The lowest BCUT2D eigenvalue weighted by molar-refractivity contribution is 0.0440. The number of benzene rings is 2. The van der Waals surface area contributed by atoms with Gasteiger partial charge in [0.2, 0.25) is 0 Å². The van der Waals surface area contributed by atoms with Crippen LogP contribution < -0.4 is 9.46 Å². The Kier molecular flexibility index (Phi) is 9.02. The van der Waals surface area contributed by atoms with Gasteiger partial charge in [0.15, 0.2) is 0 Å². The first-order chi connectivity index (χ1) is 17.0. The normalized spacial score (nSPS) is 18.0. The first-order valence-corrected chi connectivity index (χ1v) is 12.9. The number of carbonyl (C=O) groups is 1. The van der Waals surface area contributed by atoms with Crippen molar-refractivity contribution >= 4 is 18.0 Å². The van der Waals surface area contributed by atoms with Gasteiger partial charge < -0.3 is 14.7 Å². The fourth-order valence-corrected chi connectivity index (χ4v) is 4.96. The van der Waals surface area contributed by atoms with E-state index in [4.69, 9.17) is 9.47 Å². The summed E-state index contributed by atoms with van der Waals surface area (Å²) in [5.41, 5.74) is 2.12. The van der Waals surface area contributed by atoms with Gasteiger partial charge >= 0.3 is 0 Å². The van der Waals surface area contributed by atoms with E-state index in [1.165, 1.54) is 18.7 Å². The molecule has 0 radical (unpaired) electrons. The predicted octanol–water partition coefficient (Wildman–Crippen LogP) is 4.80. The minimum atomic E-state index is -0.622. The molecule has 1 saturated carbocycles. The van der Waals surface area contributed by atoms with E-state index in [0.29, 0.717) is 42.9 Å². The van der Waals surface area contributed by atoms with Crippen LogP contribution in [0.4, 0.5) is 4.39 Å². The van der Waals surface area contributed by atoms with Crippen LogP contribution in [0.25, 0.3) is 0 Å². The summed E-state index contributed by atoms with van der Waals surface area (Å²) in [6, 6.07) is 13.6. The molecule has 1 saturated heterocycles. The Morgan fingerprint density at radius 1 is 1.23 bits per heavy atom. The molecule has 0 spiro atoms. The second-order valence-electron chi connectivity index (χ2n) is 9.30. The van der Waals surface area contributed by atoms with Gasteiger partial charge in [-0.1, -0.05) is 30.3 Å². The van der Waals surface area contributed by atoms with Crippen LogP contribution >= 0.6 is 12.1 Å². The summed E-state index contributed by atoms with van der Waals surface area (Å²) in [4.78, 5) is 14.8. The van der Waals surface area contributed by atoms with Crippen molar-refractivity contribution < 1.29 is 23.9 Å². The van der Waals surface area contributed by atoms with Gasteiger partial charge in [0, 0.05) is 20.2 Å². The van der Waals surface area contributed by atoms with Gasteiger partial charge in [0.1, 0.15) is 11.6 Å². The van der Waals surface area contributed by atoms with Crippen molar-refractivity contribution in [3.8, 4) is 5.75 Å². The molecule has 2 fully saturated rings. The van der Waals surface area contributed by atoms with Gasteiger partial charge in [0.25, 0.3) is 5.91 Å². The quantitative estimate of drug-likeness (QED) is 0.337. The fourth-order valence-electron chi connectivity index (χ4n) is 4.63. The van der Waals surface area contributed by atoms with E-state index in [1.807, 2.05) is 6.07 Å². The van der Waals surface area contributed by atoms with Gasteiger partial charge in [-0.3, -0.25) is 14.4 Å². The van der Waals surface area contributed by atoms with Crippen LogP contribution in [0.15, 0.2) is 42.5 Å². The zero-order valence-corrected chi connectivity index (χ0v) is 21.1. The molecule has 0 bridgehead atoms. The summed E-state index contributed by atoms with van der Waals surface area (Å²) < 4.78 is 29.6. The number of nitrogens with one attached hydrogen (secondary N) is 1. The minimum absolute atomic E-state index is 0.0352. The smallest absolute Gasteiger partial charge is 0.265 e. The maximum absolute atomic E-state index is 14.8. The molecule has 1 aliphatic carbocycles. The van der Waals surface area contributed by atoms with Crippen molar-refractivity contribution in [2.75, 3.05) is 40.5 Å². The molecular formula is C26H34FN3O4S. The summed E-state index contributed by atoms with van der Waals surface area (Å²) >= 11 is 0.689. The van der Waals surface area contributed by atoms with E-state index in [1.54, 1.807) is 13.2 Å². The predicted molar refractivity (Wildman–Crippen MR) is 134 cm³/mol. The third-order valence-corrected chi connectivity index (χ3v) is 7.25. The van der Waals surface area contributed by atoms with Gasteiger partial charge in [-0.15, -0.1) is 4.47 Å². The summed E-state index contributed by atoms with van der Waals surface area (Å²) in [6.07, 6.45) is 4.02. The fraction of sp³-hybridized carbons (Fsp3) is 0.500. The number of hydrogen-bond acceptors (Lipinski definition) is 7. The highest BCUT2D eigenvalue weighted by Gasteiger charge is 2.31. The lowest BCUT2D eigenvalue weighted by atomic mass is 9.95. The van der Waals surface area contributed by atoms with Crippen LogP contribution in [0.3, 0.4) is 0 Å². The maximum atomic E-state index is 14.8. The van der Waals surface area contributed by atoms with Crippen molar-refractivity contribution in [1.29, 1.82) is 0 Å². The largest absolute Gasteiger partial charge is 0.493 e. The third kappa shape index (κ3) is 6.95. The molecule has 35 heavy (non-hydrogen) atoms. The van der Waals surface area contributed by atoms with Crippen LogP contribution in [-0.4, -0.2) is 60.9 Å². The van der Waals surface area contributed by atoms with Gasteiger partial charge in [-0.05, 0) is 67.8 Å². The monoisotopic (exact) mass is 503 g/mol. The molecule has 2 aromatic carbocycles. The van der Waals surface area contributed by atoms with E-state index in [9.17, 15) is 14.4 Å². The van der Waals surface area contributed by atoms with Crippen LogP contribution in [-0.2, 0) is 4.74 Å². The average molecular weight is 504 g/mol. The number of rotatable bonds is 11. The summed E-state index contributed by atoms with van der Waals surface area (Å²) in [6.45, 7) is 3.10. The molecule has 1 aliphatic heterocycles. The summed E-state index contributed by atoms with van der Waals surface area (Å²) in [5.74, 6) is 0.0199. The highest BCUT2D eigenvalue weighted by atomic mass is 32.2. The van der Waals surface area contributed by atoms with Gasteiger partial charge in [-0.2, -0.15) is 0 Å². The molecule has 9 heteroatoms. The number of ether oxygens (including phenoxy) is 2. The molecule has 1 atom stereocenters. The standard InChI is InChI=1S/C26H34FN3O4S/c1-29(32)35-28-26(31)22-14-21(19-8-9-19)25(15-23(22)27)34-16-18-10-12-30(13-11-18)24(17-33-2)20-6-4-3-5-7-20/h3-7,14-15,18-19,24,32H,8-13,16-17H2,1-2H3,(H,28,31)/t24-/m1/s1. The number of nitrogens with zero attached hydrogens (tertiary/aromatic N) is 2. The summed E-state index contributed by atoms with van der Waals surface area (Å²) in [5, 5.41) is 9.20. The van der Waals surface area contributed by atoms with Crippen molar-refractivity contribution in [3.63, 3.8) is 0 Å². The molecule has 190 valence electrons. The van der Waals surface area contributed by atoms with Crippen LogP contribution in [0, 0.1) is 11.7 Å². The first kappa shape index (κ1) is 25.9. The van der Waals surface area contributed by atoms with Crippen molar-refractivity contribution in [3.05, 3.63) is 65.0 Å². The number of carbonyl (C=O) groups excluding carboxylic acids is 1. The molecule has 2 aromatic rings. The van der Waals surface area contributed by atoms with E-state index >= 15 is 0 Å². The molecule has 0 unspecified atom stereocenters. The molecular weight excluding hydrogens is 469 g/mol. The Hall–Kier alpha value is -2.17. The Labute approximate surface area is 210 Å². The number of hydroxylamine groups is 1. The van der Waals surface area contributed by atoms with Crippen LogP contribution in [0.1, 0.15) is 59.1 Å². The average Bonchev–Trinajstić information content (AvgIpc) is 3.71. The summed E-state index contributed by atoms with van der Waals surface area (Å²) in [7, 11) is 3.11. The molecule has 1 amide bonds. The SMILES string of the molecule is COC[C@H](c1ccccc1)N1CCC(COc2cc(F)c(C(=O)NSN(C)O)cc2C2CC2)CC1. The first-order valence-electron chi connectivity index (χ1n) is 12.1. The minimum Gasteiger partial charge on any atom is -0.493 e. The van der Waals surface area contributed by atoms with E-state index in [-0.39, 0.29) is 11.6 Å². The molecule has 7 nitrogen and oxygen atoms in total. The molecule has 4 rings (SSSR count). The highest BCUT2D eigenvalue weighted by Crippen LogP contribution is 2.45. The van der Waals surface area contributed by atoms with Crippen LogP contribution in [0.5, 0.6) is 5.75 Å². The Morgan fingerprint density at radius 3 is 2.57 bits per heavy atom. The second kappa shape index (κ2) is 12.2. The van der Waals surface area contributed by atoms with Crippen molar-refractivity contribution in [1.82, 2.24) is 14.1 Å². The van der Waals surface area contributed by atoms with E-state index < -0.39 is 11.7 Å². The van der Waals surface area contributed by atoms with E-state index in [0.717, 1.165) is 48.8 Å². The van der Waals surface area contributed by atoms with Gasteiger partial charge in [0.05, 0.1) is 37.0 Å². The Bertz CT molecular complexity index is 982. The Balaban J connectivity index is 1.36. The van der Waals surface area contributed by atoms with Crippen molar-refractivity contribution in [2.24, 2.45) is 5.92 Å². The number of likely N-dealkylation sites (tertiary alicyclic amines) is 1. The van der Waals surface area contributed by atoms with Crippen LogP contribution in [0.2, 0.25) is 0 Å². The number of halogens is 1. The molecule has 2 N–H and O–H groups in total. The van der Waals surface area contributed by atoms with Crippen molar-refractivity contribution in [2.45, 2.75) is 37.6 Å². The number of hydrogen-bond donors (Lipinski definition) is 2. The van der Waals surface area contributed by atoms with Gasteiger partial charge in [-0.25, -0.2) is 4.39 Å².